The van der Waals surface area contributed by atoms with Gasteiger partial charge in [-0.05, 0) is 19.4 Å². The zero-order valence-electron chi connectivity index (χ0n) is 10.8. The monoisotopic (exact) mass is 239 g/mol. The van der Waals surface area contributed by atoms with E-state index in [1.807, 2.05) is 24.3 Å². The highest BCUT2D eigenvalue weighted by Gasteiger charge is 2.10. The van der Waals surface area contributed by atoms with Crippen LogP contribution in [0, 0.1) is 11.3 Å². The quantitative estimate of drug-likeness (QED) is 0.884. The molecule has 0 saturated heterocycles. The van der Waals surface area contributed by atoms with Crippen molar-refractivity contribution in [2.45, 2.75) is 32.7 Å². The van der Waals surface area contributed by atoms with Crippen molar-refractivity contribution in [2.75, 3.05) is 5.32 Å². The van der Waals surface area contributed by atoms with Crippen LogP contribution in [-0.4, -0.2) is 11.0 Å². The van der Waals surface area contributed by atoms with E-state index in [4.69, 9.17) is 0 Å². The Bertz CT molecular complexity index is 584. The van der Waals surface area contributed by atoms with Gasteiger partial charge < -0.3 is 5.32 Å². The first-order valence-electron chi connectivity index (χ1n) is 6.30. The van der Waals surface area contributed by atoms with Crippen LogP contribution >= 0.6 is 0 Å². The van der Waals surface area contributed by atoms with E-state index in [0.29, 0.717) is 11.6 Å². The van der Waals surface area contributed by atoms with Crippen LogP contribution in [0.5, 0.6) is 0 Å². The summed E-state index contributed by atoms with van der Waals surface area (Å²) in [5, 5.41) is 13.6. The summed E-state index contributed by atoms with van der Waals surface area (Å²) in [5.41, 5.74) is 2.43. The van der Waals surface area contributed by atoms with Crippen molar-refractivity contribution in [1.29, 1.82) is 5.26 Å². The van der Waals surface area contributed by atoms with E-state index >= 15 is 0 Å². The second-order valence-corrected chi connectivity index (χ2v) is 4.51. The molecule has 1 aromatic carbocycles. The van der Waals surface area contributed by atoms with Crippen LogP contribution in [0.1, 0.15) is 32.3 Å². The van der Waals surface area contributed by atoms with Crippen LogP contribution in [0.15, 0.2) is 30.5 Å². The third-order valence-corrected chi connectivity index (χ3v) is 3.01. The van der Waals surface area contributed by atoms with E-state index in [2.05, 4.69) is 30.2 Å². The van der Waals surface area contributed by atoms with Gasteiger partial charge in [0.1, 0.15) is 6.07 Å². The molecule has 1 aromatic heterocycles. The molecule has 92 valence electrons. The van der Waals surface area contributed by atoms with Crippen molar-refractivity contribution < 1.29 is 0 Å². The number of fused-ring (bicyclic) bond motifs is 1. The topological polar surface area (TPSA) is 48.7 Å². The number of rotatable bonds is 4. The Morgan fingerprint density at radius 3 is 2.89 bits per heavy atom. The molecule has 1 atom stereocenters. The normalized spacial score (nSPS) is 12.1. The molecule has 2 aromatic rings. The number of aromatic nitrogens is 1. The molecule has 0 aliphatic rings. The average molecular weight is 239 g/mol. The van der Waals surface area contributed by atoms with Gasteiger partial charge in [-0.25, -0.2) is 0 Å². The summed E-state index contributed by atoms with van der Waals surface area (Å²) >= 11 is 0. The van der Waals surface area contributed by atoms with E-state index in [0.717, 1.165) is 29.4 Å². The summed E-state index contributed by atoms with van der Waals surface area (Å²) in [6.45, 7) is 4.30. The van der Waals surface area contributed by atoms with Crippen LogP contribution in [0.3, 0.4) is 0 Å². The van der Waals surface area contributed by atoms with Gasteiger partial charge in [0, 0.05) is 17.6 Å². The van der Waals surface area contributed by atoms with Crippen LogP contribution < -0.4 is 5.32 Å². The zero-order valence-corrected chi connectivity index (χ0v) is 10.8. The molecule has 0 radical (unpaired) electrons. The number of benzene rings is 1. The van der Waals surface area contributed by atoms with E-state index in [1.54, 1.807) is 6.20 Å². The lowest BCUT2D eigenvalue weighted by molar-refractivity contribution is 0.691. The van der Waals surface area contributed by atoms with Crippen LogP contribution in [0.25, 0.3) is 10.9 Å². The molecule has 1 heterocycles. The van der Waals surface area contributed by atoms with Crippen molar-refractivity contribution in [1.82, 2.24) is 4.98 Å². The summed E-state index contributed by atoms with van der Waals surface area (Å²) in [6, 6.07) is 10.5. The molecule has 1 unspecified atom stereocenters. The largest absolute Gasteiger partial charge is 0.381 e. The molecule has 0 aliphatic heterocycles. The molecule has 0 saturated carbocycles. The minimum atomic E-state index is 0.355. The highest BCUT2D eigenvalue weighted by Crippen LogP contribution is 2.26. The van der Waals surface area contributed by atoms with Gasteiger partial charge in [0.25, 0.3) is 0 Å². The Kier molecular flexibility index (Phi) is 3.78. The third-order valence-electron chi connectivity index (χ3n) is 3.01. The maximum atomic E-state index is 9.19. The van der Waals surface area contributed by atoms with Gasteiger partial charge in [-0.15, -0.1) is 0 Å². The minimum Gasteiger partial charge on any atom is -0.381 e. The SMILES string of the molecule is CCCC(C)Nc1c(C#N)cnc2ccccc12. The molecule has 2 rings (SSSR count). The number of anilines is 1. The van der Waals surface area contributed by atoms with Gasteiger partial charge in [-0.3, -0.25) is 4.98 Å². The predicted octanol–water partition coefficient (Wildman–Crippen LogP) is 3.71. The summed E-state index contributed by atoms with van der Waals surface area (Å²) in [6.07, 6.45) is 3.85. The molecule has 0 spiro atoms. The molecular weight excluding hydrogens is 222 g/mol. The Hall–Kier alpha value is -2.08. The molecule has 0 aliphatic carbocycles. The minimum absolute atomic E-state index is 0.355. The first-order chi connectivity index (χ1) is 8.76. The number of nitrogens with zero attached hydrogens (tertiary/aromatic N) is 2. The van der Waals surface area contributed by atoms with Gasteiger partial charge in [-0.2, -0.15) is 5.26 Å². The Balaban J connectivity index is 2.48. The van der Waals surface area contributed by atoms with Gasteiger partial charge in [-0.1, -0.05) is 31.5 Å². The molecule has 1 N–H and O–H groups in total. The zero-order chi connectivity index (χ0) is 13.0. The first kappa shape index (κ1) is 12.4. The second kappa shape index (κ2) is 5.50. The van der Waals surface area contributed by atoms with E-state index in [9.17, 15) is 5.26 Å². The number of para-hydroxylation sites is 1. The number of nitrogens with one attached hydrogen (secondary N) is 1. The molecule has 0 bridgehead atoms. The summed E-state index contributed by atoms with van der Waals surface area (Å²) in [5.74, 6) is 0. The predicted molar refractivity (Wildman–Crippen MR) is 74.5 cm³/mol. The van der Waals surface area contributed by atoms with Crippen LogP contribution in [-0.2, 0) is 0 Å². The first-order valence-corrected chi connectivity index (χ1v) is 6.30. The van der Waals surface area contributed by atoms with Crippen molar-refractivity contribution in [3.8, 4) is 6.07 Å². The van der Waals surface area contributed by atoms with Gasteiger partial charge in [0.05, 0.1) is 16.8 Å². The molecule has 0 fully saturated rings. The average Bonchev–Trinajstić information content (AvgIpc) is 2.39. The van der Waals surface area contributed by atoms with Crippen LogP contribution in [0.2, 0.25) is 0 Å². The van der Waals surface area contributed by atoms with Crippen molar-refractivity contribution >= 4 is 16.6 Å². The third kappa shape index (κ3) is 2.43. The molecule has 18 heavy (non-hydrogen) atoms. The lowest BCUT2D eigenvalue weighted by atomic mass is 10.1. The van der Waals surface area contributed by atoms with E-state index in [1.165, 1.54) is 0 Å². The highest BCUT2D eigenvalue weighted by molar-refractivity contribution is 5.93. The lowest BCUT2D eigenvalue weighted by Gasteiger charge is -2.17. The van der Waals surface area contributed by atoms with Crippen molar-refractivity contribution in [2.24, 2.45) is 0 Å². The number of nitriles is 1. The summed E-state index contributed by atoms with van der Waals surface area (Å²) in [4.78, 5) is 4.30. The maximum Gasteiger partial charge on any atom is 0.103 e. The van der Waals surface area contributed by atoms with Crippen molar-refractivity contribution in [3.05, 3.63) is 36.0 Å². The maximum absolute atomic E-state index is 9.19. The Labute approximate surface area is 107 Å². The smallest absolute Gasteiger partial charge is 0.103 e. The second-order valence-electron chi connectivity index (χ2n) is 4.51. The van der Waals surface area contributed by atoms with Gasteiger partial charge in [0.15, 0.2) is 0 Å². The molecule has 3 nitrogen and oxygen atoms in total. The van der Waals surface area contributed by atoms with E-state index in [-0.39, 0.29) is 0 Å². The fourth-order valence-electron chi connectivity index (χ4n) is 2.13. The fraction of sp³-hybridized carbons (Fsp3) is 0.333. The van der Waals surface area contributed by atoms with Gasteiger partial charge >= 0.3 is 0 Å². The standard InChI is InChI=1S/C15H17N3/c1-3-6-11(2)18-15-12(9-16)10-17-14-8-5-4-7-13(14)15/h4-5,7-8,10-11H,3,6H2,1-2H3,(H,17,18). The Morgan fingerprint density at radius 1 is 1.39 bits per heavy atom. The molecule has 0 amide bonds. The van der Waals surface area contributed by atoms with Crippen LogP contribution in [0.4, 0.5) is 5.69 Å². The summed E-state index contributed by atoms with van der Waals surface area (Å²) in [7, 11) is 0. The van der Waals surface area contributed by atoms with Gasteiger partial charge in [0.2, 0.25) is 0 Å². The molecule has 3 heteroatoms. The number of hydrogen-bond acceptors (Lipinski definition) is 3. The number of pyridine rings is 1. The molecular formula is C15H17N3. The highest BCUT2D eigenvalue weighted by atomic mass is 14.9. The fourth-order valence-corrected chi connectivity index (χ4v) is 2.13. The lowest BCUT2D eigenvalue weighted by Crippen LogP contribution is -2.15. The number of hydrogen-bond donors (Lipinski definition) is 1. The Morgan fingerprint density at radius 2 is 2.17 bits per heavy atom. The summed E-state index contributed by atoms with van der Waals surface area (Å²) < 4.78 is 0. The van der Waals surface area contributed by atoms with E-state index < -0.39 is 0 Å². The van der Waals surface area contributed by atoms with Crippen molar-refractivity contribution in [3.63, 3.8) is 0 Å².